The molecule has 0 aliphatic carbocycles. The lowest BCUT2D eigenvalue weighted by molar-refractivity contribution is 0.300. The van der Waals surface area contributed by atoms with Gasteiger partial charge >= 0.3 is 0 Å². The summed E-state index contributed by atoms with van der Waals surface area (Å²) < 4.78 is 20.8. The van der Waals surface area contributed by atoms with Gasteiger partial charge in [-0.15, -0.1) is 0 Å². The maximum absolute atomic E-state index is 10.6. The molecule has 2 N–H and O–H groups in total. The van der Waals surface area contributed by atoms with E-state index in [1.165, 1.54) is 7.11 Å². The van der Waals surface area contributed by atoms with E-state index in [0.717, 1.165) is 22.2 Å². The van der Waals surface area contributed by atoms with Crippen molar-refractivity contribution in [1.29, 1.82) is 0 Å². The highest BCUT2D eigenvalue weighted by atomic mass is 32.3. The predicted molar refractivity (Wildman–Crippen MR) is 78.8 cm³/mol. The number of fused-ring (bicyclic) bond motifs is 3. The van der Waals surface area contributed by atoms with Gasteiger partial charge in [0.25, 0.3) is 0 Å². The summed E-state index contributed by atoms with van der Waals surface area (Å²) in [4.78, 5) is 4.42. The third-order valence-electron chi connectivity index (χ3n) is 3.66. The van der Waals surface area contributed by atoms with E-state index in [0.29, 0.717) is 0 Å². The fourth-order valence-corrected chi connectivity index (χ4v) is 3.88. The van der Waals surface area contributed by atoms with Gasteiger partial charge in [0.05, 0.1) is 24.4 Å². The van der Waals surface area contributed by atoms with E-state index in [1.807, 2.05) is 30.4 Å². The normalized spacial score (nSPS) is 30.4. The Kier molecular flexibility index (Phi) is 2.90. The summed E-state index contributed by atoms with van der Waals surface area (Å²) in [6.45, 7) is 2.05. The summed E-state index contributed by atoms with van der Waals surface area (Å²) in [5.41, 5.74) is 2.84. The summed E-state index contributed by atoms with van der Waals surface area (Å²) >= 11 is 0. The van der Waals surface area contributed by atoms with E-state index < -0.39 is 11.0 Å². The molecule has 6 heteroatoms. The Labute approximate surface area is 114 Å². The molecule has 1 aliphatic rings. The maximum atomic E-state index is 10.6. The fourth-order valence-electron chi connectivity index (χ4n) is 2.39. The van der Waals surface area contributed by atoms with Crippen molar-refractivity contribution in [3.05, 3.63) is 36.0 Å². The molecule has 102 valence electrons. The third-order valence-corrected chi connectivity index (χ3v) is 5.69. The van der Waals surface area contributed by atoms with Crippen molar-refractivity contribution in [3.63, 3.8) is 0 Å². The molecule has 1 aromatic carbocycles. The largest absolute Gasteiger partial charge is 0.268 e. The highest BCUT2D eigenvalue weighted by molar-refractivity contribution is 8.24. The molecule has 2 aromatic rings. The highest BCUT2D eigenvalue weighted by Crippen LogP contribution is 2.56. The molecule has 0 bridgehead atoms. The van der Waals surface area contributed by atoms with E-state index in [2.05, 4.69) is 21.8 Å². The van der Waals surface area contributed by atoms with Crippen molar-refractivity contribution < 1.29 is 8.74 Å². The van der Waals surface area contributed by atoms with Gasteiger partial charge < -0.3 is 0 Å². The molecular formula is C13H17N3O2S. The number of anilines is 1. The number of pyridine rings is 1. The Morgan fingerprint density at radius 1 is 1.42 bits per heavy atom. The number of benzene rings is 1. The van der Waals surface area contributed by atoms with Gasteiger partial charge in [-0.3, -0.25) is 18.4 Å². The standard InChI is InChI=1S/C13H17N3O2S/c1-9-11-7-6-10-5-4-8-14-12(10)13(11)15-19(17,18-3)16(9)2/h4-9,15,17H,1-3H3. The fraction of sp³-hybridized carbons (Fsp3) is 0.308. The smallest absolute Gasteiger partial charge is 0.0953 e. The minimum atomic E-state index is -2.47. The Morgan fingerprint density at radius 3 is 2.95 bits per heavy atom. The number of hydrogen-bond donors (Lipinski definition) is 2. The van der Waals surface area contributed by atoms with Crippen LogP contribution in [-0.4, -0.2) is 28.0 Å². The number of nitrogens with one attached hydrogen (secondary N) is 1. The van der Waals surface area contributed by atoms with Crippen molar-refractivity contribution in [1.82, 2.24) is 9.29 Å². The zero-order chi connectivity index (χ0) is 13.6. The molecule has 0 radical (unpaired) electrons. The van der Waals surface area contributed by atoms with Crippen LogP contribution in [0.2, 0.25) is 0 Å². The van der Waals surface area contributed by atoms with Gasteiger partial charge in [-0.1, -0.05) is 29.2 Å². The maximum Gasteiger partial charge on any atom is 0.0953 e. The number of aromatic nitrogens is 1. The Hall–Kier alpha value is -1.34. The van der Waals surface area contributed by atoms with Gasteiger partial charge in [-0.25, -0.2) is 0 Å². The molecule has 0 saturated carbocycles. The van der Waals surface area contributed by atoms with Gasteiger partial charge in [0.2, 0.25) is 0 Å². The first-order valence-electron chi connectivity index (χ1n) is 6.06. The van der Waals surface area contributed by atoms with E-state index >= 15 is 0 Å². The summed E-state index contributed by atoms with van der Waals surface area (Å²) in [6.07, 6.45) is 1.76. The molecule has 0 fully saturated rings. The van der Waals surface area contributed by atoms with Crippen LogP contribution in [0.4, 0.5) is 5.69 Å². The first-order chi connectivity index (χ1) is 9.07. The minimum Gasteiger partial charge on any atom is -0.268 e. The molecule has 0 amide bonds. The van der Waals surface area contributed by atoms with Crippen molar-refractivity contribution >= 4 is 27.6 Å². The summed E-state index contributed by atoms with van der Waals surface area (Å²) in [6, 6.07) is 8.10. The molecule has 5 nitrogen and oxygen atoms in total. The van der Waals surface area contributed by atoms with Crippen molar-refractivity contribution in [2.24, 2.45) is 0 Å². The van der Waals surface area contributed by atoms with Gasteiger partial charge in [0.15, 0.2) is 0 Å². The average Bonchev–Trinajstić information content (AvgIpc) is 2.45. The SMILES string of the molecule is COS1(O)Nc2c(ccc3cccnc23)C(C)N1C. The van der Waals surface area contributed by atoms with Gasteiger partial charge in [-0.2, -0.15) is 4.31 Å². The number of nitrogens with zero attached hydrogens (tertiary/aromatic N) is 2. The monoisotopic (exact) mass is 279 g/mol. The summed E-state index contributed by atoms with van der Waals surface area (Å²) in [5, 5.41) is 1.04. The second-order valence-electron chi connectivity index (χ2n) is 4.59. The summed E-state index contributed by atoms with van der Waals surface area (Å²) in [5.74, 6) is 0. The minimum absolute atomic E-state index is 0.0580. The van der Waals surface area contributed by atoms with Gasteiger partial charge in [-0.05, 0) is 18.6 Å². The number of rotatable bonds is 1. The van der Waals surface area contributed by atoms with Crippen LogP contribution in [0, 0.1) is 0 Å². The Morgan fingerprint density at radius 2 is 2.21 bits per heavy atom. The first kappa shape index (κ1) is 12.7. The van der Waals surface area contributed by atoms with Crippen LogP contribution < -0.4 is 4.72 Å². The second-order valence-corrected chi connectivity index (χ2v) is 6.70. The average molecular weight is 279 g/mol. The summed E-state index contributed by atoms with van der Waals surface area (Å²) in [7, 11) is 0.891. The molecule has 3 rings (SSSR count). The van der Waals surface area contributed by atoms with Crippen molar-refractivity contribution in [2.75, 3.05) is 18.9 Å². The third kappa shape index (κ3) is 1.80. The second kappa shape index (κ2) is 4.35. The van der Waals surface area contributed by atoms with Crippen LogP contribution >= 0.6 is 11.0 Å². The van der Waals surface area contributed by atoms with Crippen LogP contribution in [0.25, 0.3) is 10.9 Å². The molecule has 1 aromatic heterocycles. The molecule has 1 aliphatic heterocycles. The topological polar surface area (TPSA) is 57.6 Å². The van der Waals surface area contributed by atoms with Gasteiger partial charge in [0.1, 0.15) is 0 Å². The van der Waals surface area contributed by atoms with E-state index in [9.17, 15) is 4.55 Å². The molecule has 2 heterocycles. The molecule has 0 saturated heterocycles. The molecule has 0 spiro atoms. The van der Waals surface area contributed by atoms with Crippen LogP contribution in [0.3, 0.4) is 0 Å². The van der Waals surface area contributed by atoms with Gasteiger partial charge in [0, 0.05) is 18.6 Å². The lowest BCUT2D eigenvalue weighted by atomic mass is 10.0. The molecule has 2 unspecified atom stereocenters. The lowest BCUT2D eigenvalue weighted by Crippen LogP contribution is -2.36. The van der Waals surface area contributed by atoms with Crippen LogP contribution in [0.1, 0.15) is 18.5 Å². The first-order valence-corrected chi connectivity index (χ1v) is 7.54. The van der Waals surface area contributed by atoms with E-state index in [-0.39, 0.29) is 6.04 Å². The zero-order valence-electron chi connectivity index (χ0n) is 11.1. The highest BCUT2D eigenvalue weighted by Gasteiger charge is 2.35. The molecule has 2 atom stereocenters. The van der Waals surface area contributed by atoms with Crippen molar-refractivity contribution in [3.8, 4) is 0 Å². The predicted octanol–water partition coefficient (Wildman–Crippen LogP) is 3.32. The quantitative estimate of drug-likeness (QED) is 0.838. The van der Waals surface area contributed by atoms with Crippen LogP contribution in [0.15, 0.2) is 30.5 Å². The number of hydrogen-bond acceptors (Lipinski definition) is 5. The van der Waals surface area contributed by atoms with Crippen molar-refractivity contribution in [2.45, 2.75) is 13.0 Å². The zero-order valence-corrected chi connectivity index (χ0v) is 11.9. The van der Waals surface area contributed by atoms with E-state index in [1.54, 1.807) is 6.20 Å². The van der Waals surface area contributed by atoms with Crippen LogP contribution in [0.5, 0.6) is 0 Å². The Bertz CT molecular complexity index is 636. The molecule has 19 heavy (non-hydrogen) atoms. The lowest BCUT2D eigenvalue weighted by Gasteiger charge is -2.51. The van der Waals surface area contributed by atoms with E-state index in [4.69, 9.17) is 4.18 Å². The van der Waals surface area contributed by atoms with Crippen LogP contribution in [-0.2, 0) is 4.18 Å². The molecular weight excluding hydrogens is 262 g/mol. The Balaban J connectivity index is 2.25.